The zero-order valence-corrected chi connectivity index (χ0v) is 10.3. The van der Waals surface area contributed by atoms with E-state index in [1.807, 2.05) is 0 Å². The zero-order valence-electron chi connectivity index (χ0n) is 10.3. The Balaban J connectivity index is 2.34. The molecule has 2 aromatic carbocycles. The van der Waals surface area contributed by atoms with Gasteiger partial charge < -0.3 is 19.8 Å². The van der Waals surface area contributed by atoms with Gasteiger partial charge in [-0.1, -0.05) is 30.3 Å². The Kier molecular flexibility index (Phi) is 3.79. The minimum absolute atomic E-state index is 0.200. The van der Waals surface area contributed by atoms with Crippen LogP contribution in [0.1, 0.15) is 15.9 Å². The third kappa shape index (κ3) is 3.00. The molecule has 2 rings (SSSR count). The molecule has 0 aromatic heterocycles. The van der Waals surface area contributed by atoms with Crippen LogP contribution in [0.2, 0.25) is 0 Å². The summed E-state index contributed by atoms with van der Waals surface area (Å²) in [5.74, 6) is -3.63. The third-order valence-corrected chi connectivity index (χ3v) is 2.82. The fourth-order valence-corrected chi connectivity index (χ4v) is 1.84. The first-order valence-electron chi connectivity index (χ1n) is 5.77. The van der Waals surface area contributed by atoms with Gasteiger partial charge in [-0.3, -0.25) is 0 Å². The average Bonchev–Trinajstić information content (AvgIpc) is 2.39. The van der Waals surface area contributed by atoms with Crippen LogP contribution in [-0.2, 0) is 11.2 Å². The Morgan fingerprint density at radius 2 is 1.55 bits per heavy atom. The highest BCUT2D eigenvalue weighted by Crippen LogP contribution is 2.22. The van der Waals surface area contributed by atoms with Gasteiger partial charge in [0.25, 0.3) is 0 Å². The van der Waals surface area contributed by atoms with Gasteiger partial charge in [-0.2, -0.15) is 0 Å². The number of carboxylic acids is 2. The lowest BCUT2D eigenvalue weighted by atomic mass is 10.0. The zero-order chi connectivity index (χ0) is 14.7. The predicted octanol–water partition coefficient (Wildman–Crippen LogP) is 0.149. The molecule has 20 heavy (non-hydrogen) atoms. The highest BCUT2D eigenvalue weighted by Gasteiger charge is 2.06. The van der Waals surface area contributed by atoms with Crippen LogP contribution in [0.4, 0.5) is 4.39 Å². The van der Waals surface area contributed by atoms with E-state index < -0.39 is 23.3 Å². The van der Waals surface area contributed by atoms with Crippen molar-refractivity contribution < 1.29 is 24.2 Å². The van der Waals surface area contributed by atoms with Crippen LogP contribution < -0.4 is 10.2 Å². The lowest BCUT2D eigenvalue weighted by Gasteiger charge is -2.09. The van der Waals surface area contributed by atoms with E-state index in [0.29, 0.717) is 16.7 Å². The summed E-state index contributed by atoms with van der Waals surface area (Å²) in [5.41, 5.74) is 1.21. The predicted molar refractivity (Wildman–Crippen MR) is 64.9 cm³/mol. The SMILES string of the molecule is O=C([O-])Cc1ccc(-c2ccc(F)c(C(=O)[O-])c2)cc1. The van der Waals surface area contributed by atoms with Crippen LogP contribution in [0, 0.1) is 5.82 Å². The molecule has 0 saturated heterocycles. The number of carboxylic acid groups (broad SMARTS) is 2. The van der Waals surface area contributed by atoms with Gasteiger partial charge in [0.05, 0.1) is 5.97 Å². The topological polar surface area (TPSA) is 80.3 Å². The van der Waals surface area contributed by atoms with Crippen molar-refractivity contribution in [2.24, 2.45) is 0 Å². The van der Waals surface area contributed by atoms with Crippen LogP contribution in [0.15, 0.2) is 42.5 Å². The van der Waals surface area contributed by atoms with E-state index in [2.05, 4.69) is 0 Å². The van der Waals surface area contributed by atoms with Gasteiger partial charge in [0.2, 0.25) is 0 Å². The molecule has 0 aliphatic carbocycles. The minimum Gasteiger partial charge on any atom is -0.550 e. The smallest absolute Gasteiger partial charge is 0.132 e. The lowest BCUT2D eigenvalue weighted by molar-refractivity contribution is -0.304. The molecule has 102 valence electrons. The summed E-state index contributed by atoms with van der Waals surface area (Å²) >= 11 is 0. The van der Waals surface area contributed by atoms with E-state index in [9.17, 15) is 24.2 Å². The number of carbonyl (C=O) groups excluding carboxylic acids is 2. The van der Waals surface area contributed by atoms with Crippen LogP contribution >= 0.6 is 0 Å². The summed E-state index contributed by atoms with van der Waals surface area (Å²) in [6.07, 6.45) is -0.200. The molecule has 0 aliphatic heterocycles. The fourth-order valence-electron chi connectivity index (χ4n) is 1.84. The molecule has 0 N–H and O–H groups in total. The Labute approximate surface area is 114 Å². The molecule has 0 heterocycles. The second kappa shape index (κ2) is 5.52. The molecular weight excluding hydrogens is 263 g/mol. The molecule has 0 aliphatic rings. The first-order chi connectivity index (χ1) is 9.47. The molecule has 0 atom stereocenters. The number of rotatable bonds is 4. The van der Waals surface area contributed by atoms with E-state index in [0.717, 1.165) is 6.07 Å². The van der Waals surface area contributed by atoms with E-state index in [-0.39, 0.29) is 6.42 Å². The number of hydrogen-bond donors (Lipinski definition) is 0. The largest absolute Gasteiger partial charge is 0.550 e. The molecule has 0 amide bonds. The highest BCUT2D eigenvalue weighted by atomic mass is 19.1. The van der Waals surface area contributed by atoms with Crippen molar-refractivity contribution in [2.75, 3.05) is 0 Å². The molecule has 4 nitrogen and oxygen atoms in total. The summed E-state index contributed by atoms with van der Waals surface area (Å²) in [6.45, 7) is 0. The monoisotopic (exact) mass is 272 g/mol. The Bertz CT molecular complexity index is 662. The van der Waals surface area contributed by atoms with Gasteiger partial charge in [0.15, 0.2) is 0 Å². The summed E-state index contributed by atoms with van der Waals surface area (Å²) in [5, 5.41) is 21.2. The lowest BCUT2D eigenvalue weighted by Crippen LogP contribution is -2.24. The number of hydrogen-bond acceptors (Lipinski definition) is 4. The van der Waals surface area contributed by atoms with E-state index in [1.165, 1.54) is 12.1 Å². The Hall–Kier alpha value is -2.69. The van der Waals surface area contributed by atoms with E-state index >= 15 is 0 Å². The second-order valence-electron chi connectivity index (χ2n) is 4.23. The van der Waals surface area contributed by atoms with Gasteiger partial charge in [-0.05, 0) is 28.8 Å². The summed E-state index contributed by atoms with van der Waals surface area (Å²) < 4.78 is 13.3. The van der Waals surface area contributed by atoms with Crippen molar-refractivity contribution in [3.05, 3.63) is 59.4 Å². The molecule has 0 spiro atoms. The summed E-state index contributed by atoms with van der Waals surface area (Å²) in [7, 11) is 0. The van der Waals surface area contributed by atoms with Gasteiger partial charge in [0.1, 0.15) is 5.82 Å². The highest BCUT2D eigenvalue weighted by molar-refractivity contribution is 5.88. The molecule has 0 unspecified atom stereocenters. The maximum absolute atomic E-state index is 13.3. The number of benzene rings is 2. The third-order valence-electron chi connectivity index (χ3n) is 2.82. The molecule has 0 bridgehead atoms. The van der Waals surface area contributed by atoms with Crippen molar-refractivity contribution >= 4 is 11.9 Å². The minimum atomic E-state index is -1.59. The van der Waals surface area contributed by atoms with Crippen LogP contribution in [0.25, 0.3) is 11.1 Å². The standard InChI is InChI=1S/C15H11FO4/c16-13-6-5-11(8-12(13)15(19)20)10-3-1-9(2-4-10)7-14(17)18/h1-6,8H,7H2,(H,17,18)(H,19,20)/p-2. The normalized spacial score (nSPS) is 10.2. The first kappa shape index (κ1) is 13.7. The quantitative estimate of drug-likeness (QED) is 0.793. The molecule has 2 aromatic rings. The number of aliphatic carboxylic acids is 1. The number of aromatic carboxylic acids is 1. The number of carbonyl (C=O) groups is 2. The molecular formula is C15H9FO4-2. The second-order valence-corrected chi connectivity index (χ2v) is 4.23. The van der Waals surface area contributed by atoms with Gasteiger partial charge >= 0.3 is 0 Å². The Morgan fingerprint density at radius 3 is 2.10 bits per heavy atom. The van der Waals surface area contributed by atoms with Gasteiger partial charge in [-0.15, -0.1) is 0 Å². The van der Waals surface area contributed by atoms with E-state index in [4.69, 9.17) is 0 Å². The molecule has 0 radical (unpaired) electrons. The van der Waals surface area contributed by atoms with Crippen LogP contribution in [0.5, 0.6) is 0 Å². The maximum Gasteiger partial charge on any atom is 0.132 e. The average molecular weight is 272 g/mol. The van der Waals surface area contributed by atoms with Crippen LogP contribution in [0.3, 0.4) is 0 Å². The molecule has 0 saturated carbocycles. The van der Waals surface area contributed by atoms with Gasteiger partial charge in [-0.25, -0.2) is 4.39 Å². The van der Waals surface area contributed by atoms with Gasteiger partial charge in [0, 0.05) is 18.0 Å². The van der Waals surface area contributed by atoms with E-state index in [1.54, 1.807) is 24.3 Å². The first-order valence-corrected chi connectivity index (χ1v) is 5.77. The summed E-state index contributed by atoms with van der Waals surface area (Å²) in [6, 6.07) is 10.1. The molecule has 0 fully saturated rings. The van der Waals surface area contributed by atoms with Crippen molar-refractivity contribution in [1.29, 1.82) is 0 Å². The van der Waals surface area contributed by atoms with Crippen molar-refractivity contribution in [2.45, 2.75) is 6.42 Å². The van der Waals surface area contributed by atoms with Crippen molar-refractivity contribution in [1.82, 2.24) is 0 Å². The fraction of sp³-hybridized carbons (Fsp3) is 0.0667. The Morgan fingerprint density at radius 1 is 0.950 bits per heavy atom. The van der Waals surface area contributed by atoms with Crippen molar-refractivity contribution in [3.8, 4) is 11.1 Å². The molecule has 5 heteroatoms. The number of halogens is 1. The maximum atomic E-state index is 13.3. The summed E-state index contributed by atoms with van der Waals surface area (Å²) in [4.78, 5) is 21.2. The van der Waals surface area contributed by atoms with Crippen LogP contribution in [-0.4, -0.2) is 11.9 Å². The van der Waals surface area contributed by atoms with Crippen molar-refractivity contribution in [3.63, 3.8) is 0 Å².